The van der Waals surface area contributed by atoms with Gasteiger partial charge >= 0.3 is 5.25 Å². The number of aliphatic hydroxyl groups is 1. The van der Waals surface area contributed by atoms with E-state index in [-0.39, 0.29) is 18.4 Å². The predicted molar refractivity (Wildman–Crippen MR) is 135 cm³/mol. The van der Waals surface area contributed by atoms with Crippen LogP contribution in [-0.2, 0) is 9.84 Å². The summed E-state index contributed by atoms with van der Waals surface area (Å²) in [5, 5.41) is 6.29. The van der Waals surface area contributed by atoms with E-state index in [0.717, 1.165) is 43.3 Å². The summed E-state index contributed by atoms with van der Waals surface area (Å²) in [5.41, 5.74) is 4.84. The van der Waals surface area contributed by atoms with Gasteiger partial charge in [0.15, 0.2) is 0 Å². The van der Waals surface area contributed by atoms with Crippen LogP contribution in [0.3, 0.4) is 0 Å². The van der Waals surface area contributed by atoms with E-state index in [0.29, 0.717) is 24.2 Å². The largest absolute Gasteiger partial charge is 0.393 e. The normalized spacial score (nSPS) is 32.1. The van der Waals surface area contributed by atoms with Crippen LogP contribution in [0.1, 0.15) is 86.0 Å². The zero-order chi connectivity index (χ0) is 25.5. The first-order chi connectivity index (χ1) is 15.7. The molecular formula is C28H42F2O3S. The molecule has 2 fully saturated rings. The molecule has 6 heteroatoms. The molecule has 0 radical (unpaired) electrons. The van der Waals surface area contributed by atoms with E-state index in [1.807, 2.05) is 6.92 Å². The van der Waals surface area contributed by atoms with Crippen molar-refractivity contribution in [3.05, 3.63) is 47.1 Å². The number of halogens is 2. The van der Waals surface area contributed by atoms with Crippen molar-refractivity contribution in [1.82, 2.24) is 0 Å². The molecule has 34 heavy (non-hydrogen) atoms. The molecular weight excluding hydrogens is 454 g/mol. The lowest BCUT2D eigenvalue weighted by atomic mass is 9.67. The molecule has 3 aliphatic rings. The van der Waals surface area contributed by atoms with Gasteiger partial charge in [-0.25, -0.2) is 8.42 Å². The highest BCUT2D eigenvalue weighted by Gasteiger charge is 2.51. The van der Waals surface area contributed by atoms with E-state index in [1.54, 1.807) is 0 Å². The van der Waals surface area contributed by atoms with E-state index in [1.165, 1.54) is 31.9 Å². The van der Waals surface area contributed by atoms with E-state index >= 15 is 0 Å². The van der Waals surface area contributed by atoms with Gasteiger partial charge in [-0.3, -0.25) is 0 Å². The minimum atomic E-state index is -4.56. The summed E-state index contributed by atoms with van der Waals surface area (Å²) in [6.07, 6.45) is 11.0. The number of fused-ring (bicyclic) bond motifs is 1. The summed E-state index contributed by atoms with van der Waals surface area (Å²) < 4.78 is 52.7. The lowest BCUT2D eigenvalue weighted by molar-refractivity contribution is 0.0730. The first kappa shape index (κ1) is 27.3. The highest BCUT2D eigenvalue weighted by molar-refractivity contribution is 7.93. The summed E-state index contributed by atoms with van der Waals surface area (Å²) in [7, 11) is -4.56. The minimum Gasteiger partial charge on any atom is -0.393 e. The van der Waals surface area contributed by atoms with Crippen LogP contribution in [0.15, 0.2) is 47.1 Å². The number of hydrogen-bond acceptors (Lipinski definition) is 3. The van der Waals surface area contributed by atoms with Crippen LogP contribution >= 0.6 is 0 Å². The van der Waals surface area contributed by atoms with Crippen molar-refractivity contribution < 1.29 is 22.3 Å². The van der Waals surface area contributed by atoms with Gasteiger partial charge < -0.3 is 5.11 Å². The van der Waals surface area contributed by atoms with Gasteiger partial charge in [0.05, 0.1) is 10.9 Å². The smallest absolute Gasteiger partial charge is 0.346 e. The Bertz CT molecular complexity index is 982. The maximum atomic E-state index is 14.7. The molecule has 0 aliphatic heterocycles. The molecule has 3 rings (SSSR count). The van der Waals surface area contributed by atoms with Crippen molar-refractivity contribution in [2.45, 2.75) is 102 Å². The molecule has 4 unspecified atom stereocenters. The van der Waals surface area contributed by atoms with Gasteiger partial charge in [-0.1, -0.05) is 55.4 Å². The Labute approximate surface area is 205 Å². The number of alkyl halides is 2. The second-order valence-electron chi connectivity index (χ2n) is 11.7. The van der Waals surface area contributed by atoms with E-state index in [9.17, 15) is 22.3 Å². The third-order valence-electron chi connectivity index (χ3n) is 8.23. The second kappa shape index (κ2) is 10.0. The maximum absolute atomic E-state index is 14.7. The van der Waals surface area contributed by atoms with Crippen LogP contribution in [0.25, 0.3) is 0 Å². The van der Waals surface area contributed by atoms with Gasteiger partial charge in [0.25, 0.3) is 0 Å². The van der Waals surface area contributed by atoms with Gasteiger partial charge in [0.1, 0.15) is 0 Å². The van der Waals surface area contributed by atoms with Crippen molar-refractivity contribution in [1.29, 1.82) is 0 Å². The Morgan fingerprint density at radius 1 is 1.21 bits per heavy atom. The fraction of sp³-hybridized carbons (Fsp3) is 0.714. The fourth-order valence-corrected chi connectivity index (χ4v) is 7.19. The molecule has 0 amide bonds. The molecule has 3 aliphatic carbocycles. The van der Waals surface area contributed by atoms with Crippen molar-refractivity contribution in [2.24, 2.45) is 23.7 Å². The summed E-state index contributed by atoms with van der Waals surface area (Å²) in [6.45, 7) is 12.4. The number of hydrogen-bond donors (Lipinski definition) is 1. The molecule has 0 bridgehead atoms. The van der Waals surface area contributed by atoms with Crippen LogP contribution in [0.2, 0.25) is 0 Å². The average molecular weight is 497 g/mol. The third-order valence-corrected chi connectivity index (χ3v) is 10.8. The molecule has 192 valence electrons. The van der Waals surface area contributed by atoms with Crippen LogP contribution in [0.4, 0.5) is 8.78 Å². The van der Waals surface area contributed by atoms with Crippen LogP contribution in [0.5, 0.6) is 0 Å². The summed E-state index contributed by atoms with van der Waals surface area (Å²) in [6, 6.07) is 0. The number of rotatable bonds is 6. The van der Waals surface area contributed by atoms with Crippen molar-refractivity contribution >= 4 is 9.84 Å². The molecule has 5 atom stereocenters. The molecule has 0 aromatic carbocycles. The van der Waals surface area contributed by atoms with Crippen LogP contribution in [-0.4, -0.2) is 29.6 Å². The van der Waals surface area contributed by atoms with Gasteiger partial charge in [0.2, 0.25) is 9.84 Å². The zero-order valence-corrected chi connectivity index (χ0v) is 22.2. The van der Waals surface area contributed by atoms with Crippen LogP contribution < -0.4 is 0 Å². The van der Waals surface area contributed by atoms with Gasteiger partial charge in [-0.05, 0) is 95.0 Å². The van der Waals surface area contributed by atoms with Crippen molar-refractivity contribution in [3.63, 3.8) is 0 Å². The maximum Gasteiger partial charge on any atom is 0.346 e. The lowest BCUT2D eigenvalue weighted by Crippen LogP contribution is -2.42. The lowest BCUT2D eigenvalue weighted by Gasteiger charge is -2.38. The number of sulfone groups is 1. The molecule has 0 aromatic rings. The summed E-state index contributed by atoms with van der Waals surface area (Å²) in [5.74, 6) is 1.08. The van der Waals surface area contributed by atoms with Gasteiger partial charge in [-0.2, -0.15) is 8.78 Å². The Morgan fingerprint density at radius 3 is 2.53 bits per heavy atom. The molecule has 0 spiro atoms. The topological polar surface area (TPSA) is 54.4 Å². The van der Waals surface area contributed by atoms with E-state index in [2.05, 4.69) is 31.7 Å². The summed E-state index contributed by atoms with van der Waals surface area (Å²) in [4.78, 5) is 0. The van der Waals surface area contributed by atoms with E-state index in [4.69, 9.17) is 0 Å². The highest BCUT2D eigenvalue weighted by atomic mass is 32.2. The Balaban J connectivity index is 1.72. The first-order valence-electron chi connectivity index (χ1n) is 12.7. The van der Waals surface area contributed by atoms with Gasteiger partial charge in [-0.15, -0.1) is 0 Å². The number of allylic oxidation sites excluding steroid dienone is 6. The van der Waals surface area contributed by atoms with Crippen molar-refractivity contribution in [3.8, 4) is 0 Å². The third kappa shape index (κ3) is 5.43. The minimum absolute atomic E-state index is 0.0792. The van der Waals surface area contributed by atoms with Crippen molar-refractivity contribution in [2.75, 3.05) is 0 Å². The average Bonchev–Trinajstić information content (AvgIpc) is 3.19. The van der Waals surface area contributed by atoms with Crippen LogP contribution in [0, 0.1) is 23.7 Å². The number of aliphatic hydroxyl groups excluding tert-OH is 1. The predicted octanol–water partition coefficient (Wildman–Crippen LogP) is 7.16. The SMILES string of the molecule is C=C1CCC(O)CC1=CC=C1CC[C@H](C)C2C(C(C)CCC(F)(F)S(=O)(=O)C(C)(C)C)=CCC12. The molecule has 0 saturated heterocycles. The highest BCUT2D eigenvalue weighted by Crippen LogP contribution is 2.51. The summed E-state index contributed by atoms with van der Waals surface area (Å²) >= 11 is 0. The Kier molecular flexibility index (Phi) is 8.04. The molecule has 3 nitrogen and oxygen atoms in total. The fourth-order valence-electron chi connectivity index (χ4n) is 5.91. The molecule has 2 saturated carbocycles. The standard InChI is InChI=1S/C28H42F2O3S/c1-18-8-12-23(31)17-22(18)11-10-21-9-7-20(3)26-24(13-14-25(21)26)19(2)15-16-28(29,30)34(32,33)27(4,5)6/h10-11,13,19-20,23,25-26,31H,1,7-9,12,14-17H2,2-6H3/t19?,20-,23?,25?,26?/m0/s1. The Hall–Kier alpha value is -1.27. The van der Waals surface area contributed by atoms with Gasteiger partial charge in [0, 0.05) is 6.42 Å². The molecule has 1 N–H and O–H groups in total. The monoisotopic (exact) mass is 496 g/mol. The zero-order valence-electron chi connectivity index (χ0n) is 21.4. The Morgan fingerprint density at radius 2 is 1.88 bits per heavy atom. The second-order valence-corrected chi connectivity index (χ2v) is 14.5. The van der Waals surface area contributed by atoms with E-state index < -0.39 is 26.3 Å². The molecule has 0 heterocycles. The quantitative estimate of drug-likeness (QED) is 0.397. The first-order valence-corrected chi connectivity index (χ1v) is 14.2. The molecule has 0 aromatic heterocycles.